The molecule has 2 amide bonds. The van der Waals surface area contributed by atoms with Crippen molar-refractivity contribution in [1.29, 1.82) is 0 Å². The van der Waals surface area contributed by atoms with Gasteiger partial charge in [-0.3, -0.25) is 10.00 Å². The van der Waals surface area contributed by atoms with Crippen molar-refractivity contribution in [2.75, 3.05) is 25.5 Å². The van der Waals surface area contributed by atoms with Gasteiger partial charge in [0, 0.05) is 44.7 Å². The maximum atomic E-state index is 12.3. The molecule has 8 heteroatoms. The van der Waals surface area contributed by atoms with Crippen LogP contribution in [0.2, 0.25) is 0 Å². The van der Waals surface area contributed by atoms with Crippen molar-refractivity contribution in [1.82, 2.24) is 19.7 Å². The predicted molar refractivity (Wildman–Crippen MR) is 88.6 cm³/mol. The number of anilines is 1. The van der Waals surface area contributed by atoms with E-state index in [1.807, 2.05) is 28.2 Å². The number of carbonyl (C=O) groups is 1. The molecular weight excluding hydrogens is 314 g/mol. The smallest absolute Gasteiger partial charge is 0.323 e. The number of amides is 2. The third-order valence-corrected chi connectivity index (χ3v) is 4.80. The molecule has 0 radical (unpaired) electrons. The van der Waals surface area contributed by atoms with Crippen LogP contribution in [-0.4, -0.2) is 45.9 Å². The highest BCUT2D eigenvalue weighted by atomic mass is 32.1. The number of methoxy groups -OCH3 is 1. The largest absolute Gasteiger partial charge is 0.378 e. The molecule has 124 valence electrons. The minimum atomic E-state index is -0.0808. The molecule has 1 fully saturated rings. The zero-order chi connectivity index (χ0) is 16.2. The van der Waals surface area contributed by atoms with E-state index in [-0.39, 0.29) is 6.03 Å². The topological polar surface area (TPSA) is 72.3 Å². The summed E-state index contributed by atoms with van der Waals surface area (Å²) >= 11 is 1.42. The highest BCUT2D eigenvalue weighted by Gasteiger charge is 2.25. The van der Waals surface area contributed by atoms with Crippen LogP contribution in [0.25, 0.3) is 0 Å². The molecule has 2 aromatic rings. The Morgan fingerprint density at radius 3 is 2.91 bits per heavy atom. The Labute approximate surface area is 139 Å². The second-order valence-electron chi connectivity index (χ2n) is 5.68. The number of rotatable bonds is 4. The molecule has 1 aliphatic heterocycles. The number of aryl methyl sites for hydroxylation is 1. The Morgan fingerprint density at radius 2 is 2.26 bits per heavy atom. The summed E-state index contributed by atoms with van der Waals surface area (Å²) in [6.07, 6.45) is 3.85. The van der Waals surface area contributed by atoms with Crippen LogP contribution < -0.4 is 5.32 Å². The molecule has 1 saturated heterocycles. The fourth-order valence-corrected chi connectivity index (χ4v) is 3.46. The first-order chi connectivity index (χ1) is 11.2. The summed E-state index contributed by atoms with van der Waals surface area (Å²) in [7, 11) is 3.56. The maximum absolute atomic E-state index is 12.3. The highest BCUT2D eigenvalue weighted by molar-refractivity contribution is 7.13. The molecule has 1 N–H and O–H groups in total. The summed E-state index contributed by atoms with van der Waals surface area (Å²) < 4.78 is 6.86. The van der Waals surface area contributed by atoms with Gasteiger partial charge in [0.1, 0.15) is 0 Å². The summed E-state index contributed by atoms with van der Waals surface area (Å²) in [4.78, 5) is 18.5. The van der Waals surface area contributed by atoms with Crippen LogP contribution in [0.4, 0.5) is 9.93 Å². The van der Waals surface area contributed by atoms with E-state index >= 15 is 0 Å². The normalized spacial score (nSPS) is 15.8. The van der Waals surface area contributed by atoms with E-state index in [0.717, 1.165) is 37.3 Å². The Hall–Kier alpha value is -1.93. The molecule has 7 nitrogen and oxygen atoms in total. The molecule has 2 aromatic heterocycles. The minimum absolute atomic E-state index is 0.0808. The van der Waals surface area contributed by atoms with Crippen LogP contribution in [-0.2, 0) is 18.4 Å². The van der Waals surface area contributed by atoms with E-state index in [9.17, 15) is 4.79 Å². The van der Waals surface area contributed by atoms with E-state index in [2.05, 4.69) is 21.5 Å². The molecule has 0 saturated carbocycles. The zero-order valence-electron chi connectivity index (χ0n) is 13.4. The van der Waals surface area contributed by atoms with Crippen molar-refractivity contribution in [3.05, 3.63) is 29.0 Å². The minimum Gasteiger partial charge on any atom is -0.378 e. The van der Waals surface area contributed by atoms with Crippen LogP contribution in [0.5, 0.6) is 0 Å². The van der Waals surface area contributed by atoms with Crippen molar-refractivity contribution in [2.24, 2.45) is 7.05 Å². The Bertz CT molecular complexity index is 660. The fourth-order valence-electron chi connectivity index (χ4n) is 2.78. The number of nitrogens with one attached hydrogen (secondary N) is 1. The Morgan fingerprint density at radius 1 is 1.48 bits per heavy atom. The second kappa shape index (κ2) is 7.10. The molecule has 1 aliphatic rings. The summed E-state index contributed by atoms with van der Waals surface area (Å²) in [6.45, 7) is 1.94. The van der Waals surface area contributed by atoms with Gasteiger partial charge in [-0.25, -0.2) is 9.78 Å². The first-order valence-corrected chi connectivity index (χ1v) is 8.52. The van der Waals surface area contributed by atoms with Crippen molar-refractivity contribution >= 4 is 22.5 Å². The van der Waals surface area contributed by atoms with Gasteiger partial charge >= 0.3 is 6.03 Å². The number of carbonyl (C=O) groups excluding carboxylic acids is 1. The molecule has 3 heterocycles. The second-order valence-corrected chi connectivity index (χ2v) is 6.54. The van der Waals surface area contributed by atoms with Gasteiger partial charge in [0.15, 0.2) is 5.13 Å². The van der Waals surface area contributed by atoms with Gasteiger partial charge in [0.25, 0.3) is 0 Å². The first kappa shape index (κ1) is 15.9. The molecule has 0 atom stereocenters. The maximum Gasteiger partial charge on any atom is 0.323 e. The molecule has 23 heavy (non-hydrogen) atoms. The van der Waals surface area contributed by atoms with Crippen LogP contribution >= 0.6 is 11.3 Å². The Kier molecular flexibility index (Phi) is 4.92. The van der Waals surface area contributed by atoms with Crippen LogP contribution in [0, 0.1) is 0 Å². The number of thiazole rings is 1. The van der Waals surface area contributed by atoms with E-state index < -0.39 is 0 Å². The average molecular weight is 335 g/mol. The van der Waals surface area contributed by atoms with E-state index in [0.29, 0.717) is 17.7 Å². The molecular formula is C15H21N5O2S. The van der Waals surface area contributed by atoms with Gasteiger partial charge < -0.3 is 9.64 Å². The lowest BCUT2D eigenvalue weighted by atomic mass is 9.94. The van der Waals surface area contributed by atoms with Gasteiger partial charge in [-0.05, 0) is 18.9 Å². The van der Waals surface area contributed by atoms with Crippen molar-refractivity contribution < 1.29 is 9.53 Å². The quantitative estimate of drug-likeness (QED) is 0.931. The predicted octanol–water partition coefficient (Wildman–Crippen LogP) is 2.43. The highest BCUT2D eigenvalue weighted by Crippen LogP contribution is 2.27. The average Bonchev–Trinajstić information content (AvgIpc) is 3.17. The van der Waals surface area contributed by atoms with E-state index in [4.69, 9.17) is 4.74 Å². The molecule has 0 spiro atoms. The molecule has 0 unspecified atom stereocenters. The number of piperidine rings is 1. The van der Waals surface area contributed by atoms with Crippen LogP contribution in [0.1, 0.15) is 30.1 Å². The van der Waals surface area contributed by atoms with Gasteiger partial charge in [-0.15, -0.1) is 11.3 Å². The van der Waals surface area contributed by atoms with Crippen molar-refractivity contribution in [3.63, 3.8) is 0 Å². The lowest BCUT2D eigenvalue weighted by molar-refractivity contribution is 0.182. The first-order valence-electron chi connectivity index (χ1n) is 7.64. The third kappa shape index (κ3) is 3.89. The third-order valence-electron chi connectivity index (χ3n) is 3.99. The summed E-state index contributed by atoms with van der Waals surface area (Å²) in [5.74, 6) is 0.438. The number of hydrogen-bond donors (Lipinski definition) is 1. The van der Waals surface area contributed by atoms with E-state index in [1.165, 1.54) is 11.3 Å². The summed E-state index contributed by atoms with van der Waals surface area (Å²) in [5.41, 5.74) is 1.96. The summed E-state index contributed by atoms with van der Waals surface area (Å²) in [5, 5.41) is 9.85. The number of hydrogen-bond acceptors (Lipinski definition) is 5. The van der Waals surface area contributed by atoms with Gasteiger partial charge in [-0.2, -0.15) is 5.10 Å². The number of urea groups is 1. The lowest BCUT2D eigenvalue weighted by Gasteiger charge is -2.31. The van der Waals surface area contributed by atoms with Gasteiger partial charge in [0.05, 0.1) is 18.0 Å². The number of likely N-dealkylation sites (tertiary alicyclic amines) is 1. The monoisotopic (exact) mass is 335 g/mol. The lowest BCUT2D eigenvalue weighted by Crippen LogP contribution is -2.40. The molecule has 0 bridgehead atoms. The number of nitrogens with zero attached hydrogens (tertiary/aromatic N) is 4. The van der Waals surface area contributed by atoms with Crippen molar-refractivity contribution in [2.45, 2.75) is 25.4 Å². The SMILES string of the molecule is COCc1csc(NC(=O)N2CCC(c3ccn(C)n3)CC2)n1. The van der Waals surface area contributed by atoms with Crippen molar-refractivity contribution in [3.8, 4) is 0 Å². The van der Waals surface area contributed by atoms with Crippen LogP contribution in [0.15, 0.2) is 17.6 Å². The van der Waals surface area contributed by atoms with Gasteiger partial charge in [0.2, 0.25) is 0 Å². The fraction of sp³-hybridized carbons (Fsp3) is 0.533. The summed E-state index contributed by atoms with van der Waals surface area (Å²) in [6, 6.07) is 1.98. The Balaban J connectivity index is 1.51. The number of aromatic nitrogens is 3. The molecule has 0 aromatic carbocycles. The number of ether oxygens (including phenoxy) is 1. The van der Waals surface area contributed by atoms with Gasteiger partial charge in [-0.1, -0.05) is 0 Å². The van der Waals surface area contributed by atoms with E-state index in [1.54, 1.807) is 7.11 Å². The molecule has 3 rings (SSSR count). The zero-order valence-corrected chi connectivity index (χ0v) is 14.2. The standard InChI is InChI=1S/C15H21N5O2S/c1-19-6-5-13(18-19)11-3-7-20(8-4-11)15(21)17-14-16-12(9-22-2)10-23-14/h5-6,10-11H,3-4,7-9H2,1-2H3,(H,16,17,21). The molecule has 0 aliphatic carbocycles. The van der Waals surface area contributed by atoms with Crippen LogP contribution in [0.3, 0.4) is 0 Å².